The Kier molecular flexibility index (Phi) is 6.79. The van der Waals surface area contributed by atoms with Crippen LogP contribution in [0.4, 0.5) is 11.4 Å². The Morgan fingerprint density at radius 3 is 2.48 bits per heavy atom. The first-order chi connectivity index (χ1) is 16.1. The topological polar surface area (TPSA) is 68.3 Å². The van der Waals surface area contributed by atoms with Gasteiger partial charge in [-0.25, -0.2) is 4.79 Å². The highest BCUT2D eigenvalue weighted by Crippen LogP contribution is 2.32. The van der Waals surface area contributed by atoms with E-state index in [1.54, 1.807) is 30.5 Å². The molecule has 3 aromatic carbocycles. The van der Waals surface area contributed by atoms with Gasteiger partial charge in [-0.3, -0.25) is 9.78 Å². The molecule has 166 valence electrons. The van der Waals surface area contributed by atoms with E-state index < -0.39 is 0 Å². The van der Waals surface area contributed by atoms with Crippen LogP contribution in [0, 0.1) is 6.92 Å². The zero-order valence-corrected chi connectivity index (χ0v) is 18.8. The Balaban J connectivity index is 1.71. The monoisotopic (exact) mass is 438 g/mol. The number of ether oxygens (including phenoxy) is 1. The number of aromatic nitrogens is 1. The lowest BCUT2D eigenvalue weighted by Crippen LogP contribution is -2.07. The Hall–Kier alpha value is -3.99. The molecule has 0 saturated carbocycles. The van der Waals surface area contributed by atoms with E-state index in [1.165, 1.54) is 0 Å². The first-order valence-corrected chi connectivity index (χ1v) is 11.1. The van der Waals surface area contributed by atoms with Crippen LogP contribution in [0.15, 0.2) is 79.0 Å². The van der Waals surface area contributed by atoms with E-state index in [0.717, 1.165) is 39.8 Å². The van der Waals surface area contributed by atoms with Crippen molar-refractivity contribution in [2.45, 2.75) is 33.3 Å². The van der Waals surface area contributed by atoms with Crippen molar-refractivity contribution < 1.29 is 14.3 Å². The van der Waals surface area contributed by atoms with Gasteiger partial charge in [0.1, 0.15) is 6.61 Å². The molecule has 0 spiro atoms. The molecule has 0 aliphatic carbocycles. The molecule has 1 N–H and O–H groups in total. The average molecular weight is 439 g/mol. The number of para-hydroxylation sites is 1. The minimum Gasteiger partial charge on any atom is -0.457 e. The molecule has 4 aromatic rings. The Morgan fingerprint density at radius 2 is 1.73 bits per heavy atom. The van der Waals surface area contributed by atoms with Crippen LogP contribution in [0.5, 0.6) is 0 Å². The zero-order valence-electron chi connectivity index (χ0n) is 18.8. The van der Waals surface area contributed by atoms with Crippen LogP contribution in [-0.2, 0) is 11.3 Å². The number of fused-ring (bicyclic) bond motifs is 1. The molecule has 0 aliphatic rings. The molecule has 0 atom stereocenters. The van der Waals surface area contributed by atoms with E-state index in [-0.39, 0.29) is 18.4 Å². The number of ketones is 1. The van der Waals surface area contributed by atoms with Gasteiger partial charge in [0.15, 0.2) is 5.78 Å². The number of pyridine rings is 1. The molecule has 1 aromatic heterocycles. The van der Waals surface area contributed by atoms with Crippen molar-refractivity contribution in [1.82, 2.24) is 4.98 Å². The Labute approximate surface area is 193 Å². The summed E-state index contributed by atoms with van der Waals surface area (Å²) in [5, 5.41) is 4.29. The summed E-state index contributed by atoms with van der Waals surface area (Å²) >= 11 is 0. The molecule has 33 heavy (non-hydrogen) atoms. The van der Waals surface area contributed by atoms with Gasteiger partial charge in [0.05, 0.1) is 22.3 Å². The molecule has 4 rings (SSSR count). The Morgan fingerprint density at radius 1 is 0.970 bits per heavy atom. The van der Waals surface area contributed by atoms with Crippen molar-refractivity contribution >= 4 is 34.0 Å². The van der Waals surface area contributed by atoms with E-state index in [1.807, 2.05) is 62.4 Å². The fourth-order valence-corrected chi connectivity index (χ4v) is 3.69. The summed E-state index contributed by atoms with van der Waals surface area (Å²) in [6.07, 6.45) is 2.86. The van der Waals surface area contributed by atoms with Crippen LogP contribution in [0.1, 0.15) is 51.6 Å². The summed E-state index contributed by atoms with van der Waals surface area (Å²) in [6.45, 7) is 4.13. The zero-order chi connectivity index (χ0) is 23.2. The number of nitrogens with zero attached hydrogens (tertiary/aromatic N) is 1. The van der Waals surface area contributed by atoms with E-state index in [0.29, 0.717) is 17.5 Å². The molecule has 1 heterocycles. The molecule has 5 heteroatoms. The normalized spacial score (nSPS) is 10.7. The third kappa shape index (κ3) is 5.09. The number of hydrogen-bond donors (Lipinski definition) is 1. The number of benzene rings is 3. The lowest BCUT2D eigenvalue weighted by Gasteiger charge is -2.16. The number of anilines is 2. The molecule has 0 saturated heterocycles. The van der Waals surface area contributed by atoms with Crippen molar-refractivity contribution in [2.75, 3.05) is 5.32 Å². The van der Waals surface area contributed by atoms with Crippen molar-refractivity contribution in [3.8, 4) is 0 Å². The maximum atomic E-state index is 12.9. The minimum atomic E-state index is -0.376. The number of rotatable bonds is 8. The quantitative estimate of drug-likeness (QED) is 0.247. The summed E-state index contributed by atoms with van der Waals surface area (Å²) in [5.41, 5.74) is 5.38. The smallest absolute Gasteiger partial charge is 0.338 e. The third-order valence-electron chi connectivity index (χ3n) is 5.49. The lowest BCUT2D eigenvalue weighted by atomic mass is 10.0. The predicted octanol–water partition coefficient (Wildman–Crippen LogP) is 6.63. The third-order valence-corrected chi connectivity index (χ3v) is 5.49. The van der Waals surface area contributed by atoms with Gasteiger partial charge in [-0.1, -0.05) is 49.4 Å². The van der Waals surface area contributed by atoms with Gasteiger partial charge in [-0.2, -0.15) is 0 Å². The Bertz CT molecular complexity index is 1300. The molecule has 0 fully saturated rings. The van der Waals surface area contributed by atoms with Crippen LogP contribution in [-0.4, -0.2) is 16.7 Å². The van der Waals surface area contributed by atoms with E-state index >= 15 is 0 Å². The highest BCUT2D eigenvalue weighted by molar-refractivity contribution is 6.09. The summed E-state index contributed by atoms with van der Waals surface area (Å²) in [5.74, 6) is -0.331. The highest BCUT2D eigenvalue weighted by Gasteiger charge is 2.17. The van der Waals surface area contributed by atoms with E-state index in [4.69, 9.17) is 4.74 Å². The molecule has 0 radical (unpaired) electrons. The van der Waals surface area contributed by atoms with E-state index in [2.05, 4.69) is 10.3 Å². The van der Waals surface area contributed by atoms with Crippen LogP contribution in [0.2, 0.25) is 0 Å². The van der Waals surface area contributed by atoms with Gasteiger partial charge in [-0.05, 0) is 54.8 Å². The standard InChI is InChI=1S/C28H26N2O3/c1-3-9-26(31)23-17-29-25-15-14-20(18-33-28(32)21-11-5-4-6-12-21)16-22(25)27(23)30-24-13-8-7-10-19(24)2/h4-8,10-17H,3,9,18H2,1-2H3,(H,29,30). The van der Waals surface area contributed by atoms with Gasteiger partial charge in [0.2, 0.25) is 0 Å². The number of carbonyl (C=O) groups is 2. The molecule has 0 amide bonds. The van der Waals surface area contributed by atoms with Crippen molar-refractivity contribution in [2.24, 2.45) is 0 Å². The first-order valence-electron chi connectivity index (χ1n) is 11.1. The van der Waals surface area contributed by atoms with Gasteiger partial charge >= 0.3 is 5.97 Å². The van der Waals surface area contributed by atoms with Crippen LogP contribution >= 0.6 is 0 Å². The second-order valence-corrected chi connectivity index (χ2v) is 7.95. The molecule has 5 nitrogen and oxygen atoms in total. The first kappa shape index (κ1) is 22.2. The SMILES string of the molecule is CCCC(=O)c1cnc2ccc(COC(=O)c3ccccc3)cc2c1Nc1ccccc1C. The highest BCUT2D eigenvalue weighted by atomic mass is 16.5. The van der Waals surface area contributed by atoms with Crippen molar-refractivity contribution in [1.29, 1.82) is 0 Å². The molecule has 0 unspecified atom stereocenters. The number of aryl methyl sites for hydroxylation is 1. The minimum absolute atomic E-state index is 0.0453. The molecular formula is C28H26N2O3. The molecule has 0 bridgehead atoms. The van der Waals surface area contributed by atoms with E-state index in [9.17, 15) is 9.59 Å². The number of nitrogens with one attached hydrogen (secondary N) is 1. The summed E-state index contributed by atoms with van der Waals surface area (Å²) < 4.78 is 5.51. The number of carbonyl (C=O) groups excluding carboxylic acids is 2. The van der Waals surface area contributed by atoms with Gasteiger partial charge in [0, 0.05) is 23.7 Å². The fourth-order valence-electron chi connectivity index (χ4n) is 3.69. The number of esters is 1. The van der Waals surface area contributed by atoms with Crippen molar-refractivity contribution in [3.05, 3.63) is 101 Å². The number of hydrogen-bond acceptors (Lipinski definition) is 5. The molecule has 0 aliphatic heterocycles. The predicted molar refractivity (Wildman–Crippen MR) is 131 cm³/mol. The maximum absolute atomic E-state index is 12.9. The van der Waals surface area contributed by atoms with Crippen LogP contribution in [0.3, 0.4) is 0 Å². The second-order valence-electron chi connectivity index (χ2n) is 7.95. The van der Waals surface area contributed by atoms with Gasteiger partial charge in [0.25, 0.3) is 0 Å². The molecular weight excluding hydrogens is 412 g/mol. The average Bonchev–Trinajstić information content (AvgIpc) is 2.84. The van der Waals surface area contributed by atoms with Crippen LogP contribution < -0.4 is 5.32 Å². The summed E-state index contributed by atoms with van der Waals surface area (Å²) in [6, 6.07) is 22.6. The largest absolute Gasteiger partial charge is 0.457 e. The fraction of sp³-hybridized carbons (Fsp3) is 0.179. The second kappa shape index (κ2) is 10.1. The van der Waals surface area contributed by atoms with Crippen molar-refractivity contribution in [3.63, 3.8) is 0 Å². The number of Topliss-reactive ketones (excluding diaryl/α,β-unsaturated/α-hetero) is 1. The lowest BCUT2D eigenvalue weighted by molar-refractivity contribution is 0.0472. The maximum Gasteiger partial charge on any atom is 0.338 e. The van der Waals surface area contributed by atoms with Gasteiger partial charge in [-0.15, -0.1) is 0 Å². The van der Waals surface area contributed by atoms with Crippen LogP contribution in [0.25, 0.3) is 10.9 Å². The summed E-state index contributed by atoms with van der Waals surface area (Å²) in [4.78, 5) is 29.8. The summed E-state index contributed by atoms with van der Waals surface area (Å²) in [7, 11) is 0. The van der Waals surface area contributed by atoms with Gasteiger partial charge < -0.3 is 10.1 Å².